The van der Waals surface area contributed by atoms with Gasteiger partial charge in [-0.2, -0.15) is 0 Å². The van der Waals surface area contributed by atoms with E-state index in [1.54, 1.807) is 12.1 Å². The first-order valence-electron chi connectivity index (χ1n) is 4.10. The number of benzene rings is 1. The van der Waals surface area contributed by atoms with Crippen LogP contribution in [0.4, 0.5) is 0 Å². The summed E-state index contributed by atoms with van der Waals surface area (Å²) >= 11 is 11.6. The zero-order valence-electron chi connectivity index (χ0n) is 7.67. The molecule has 1 aromatic rings. The summed E-state index contributed by atoms with van der Waals surface area (Å²) in [4.78, 5) is 11.0. The van der Waals surface area contributed by atoms with E-state index in [2.05, 4.69) is 4.74 Å². The molecule has 1 atom stereocenters. The molecule has 0 aromatic heterocycles. The van der Waals surface area contributed by atoms with E-state index in [1.807, 2.05) is 12.1 Å². The molecule has 1 aromatic carbocycles. The molecule has 0 saturated carbocycles. The van der Waals surface area contributed by atoms with Crippen LogP contribution >= 0.6 is 23.2 Å². The lowest BCUT2D eigenvalue weighted by Crippen LogP contribution is -2.18. The monoisotopic (exact) mass is 232 g/mol. The maximum absolute atomic E-state index is 11.0. The molecule has 76 valence electrons. The molecule has 0 fully saturated rings. The van der Waals surface area contributed by atoms with Gasteiger partial charge in [0.2, 0.25) is 0 Å². The Hall–Kier alpha value is -0.730. The summed E-state index contributed by atoms with van der Waals surface area (Å²) in [6.45, 7) is 0. The van der Waals surface area contributed by atoms with Crippen LogP contribution < -0.4 is 0 Å². The Bertz CT molecular complexity index is 326. The number of esters is 1. The lowest BCUT2D eigenvalue weighted by molar-refractivity contribution is -0.140. The Balaban J connectivity index is 2.64. The third-order valence-electron chi connectivity index (χ3n) is 1.76. The van der Waals surface area contributed by atoms with Gasteiger partial charge in [0, 0.05) is 5.02 Å². The second kappa shape index (κ2) is 5.23. The Kier molecular flexibility index (Phi) is 4.23. The predicted octanol–water partition coefficient (Wildman–Crippen LogP) is 2.66. The second-order valence-corrected chi connectivity index (χ2v) is 3.79. The summed E-state index contributed by atoms with van der Waals surface area (Å²) in [6.07, 6.45) is 0.425. The van der Waals surface area contributed by atoms with Crippen LogP contribution in [0.1, 0.15) is 5.56 Å². The normalized spacial score (nSPS) is 12.2. The first-order chi connectivity index (χ1) is 6.63. The standard InChI is InChI=1S/C10H10Cl2O2/c1-14-10(13)9(12)6-7-3-2-4-8(11)5-7/h2-5,9H,6H2,1H3. The SMILES string of the molecule is COC(=O)C(Cl)Cc1cccc(Cl)c1. The van der Waals surface area contributed by atoms with Gasteiger partial charge in [-0.25, -0.2) is 0 Å². The largest absolute Gasteiger partial charge is 0.468 e. The van der Waals surface area contributed by atoms with Crippen molar-refractivity contribution in [3.05, 3.63) is 34.9 Å². The van der Waals surface area contributed by atoms with Gasteiger partial charge in [0.25, 0.3) is 0 Å². The molecule has 14 heavy (non-hydrogen) atoms. The fourth-order valence-electron chi connectivity index (χ4n) is 1.08. The molecule has 4 heteroatoms. The molecule has 0 heterocycles. The Labute approximate surface area is 92.8 Å². The number of ether oxygens (including phenoxy) is 1. The van der Waals surface area contributed by atoms with Crippen molar-refractivity contribution in [2.75, 3.05) is 7.11 Å². The molecule has 0 aliphatic heterocycles. The highest BCUT2D eigenvalue weighted by atomic mass is 35.5. The van der Waals surface area contributed by atoms with Gasteiger partial charge in [0.05, 0.1) is 7.11 Å². The van der Waals surface area contributed by atoms with Gasteiger partial charge in [0.1, 0.15) is 5.38 Å². The lowest BCUT2D eigenvalue weighted by Gasteiger charge is -2.06. The minimum absolute atomic E-state index is 0.424. The van der Waals surface area contributed by atoms with Crippen LogP contribution in [-0.4, -0.2) is 18.5 Å². The summed E-state index contributed by atoms with van der Waals surface area (Å²) in [7, 11) is 1.32. The molecule has 0 spiro atoms. The van der Waals surface area contributed by atoms with Crippen LogP contribution in [0, 0.1) is 0 Å². The maximum atomic E-state index is 11.0. The first-order valence-corrected chi connectivity index (χ1v) is 4.91. The average Bonchev–Trinajstić information content (AvgIpc) is 2.16. The third-order valence-corrected chi connectivity index (χ3v) is 2.33. The van der Waals surface area contributed by atoms with Gasteiger partial charge in [0.15, 0.2) is 0 Å². The van der Waals surface area contributed by atoms with Crippen LogP contribution in [0.3, 0.4) is 0 Å². The van der Waals surface area contributed by atoms with Gasteiger partial charge in [-0.1, -0.05) is 23.7 Å². The van der Waals surface area contributed by atoms with Crippen LogP contribution in [0.5, 0.6) is 0 Å². The van der Waals surface area contributed by atoms with Crippen molar-refractivity contribution in [1.82, 2.24) is 0 Å². The quantitative estimate of drug-likeness (QED) is 0.592. The number of hydrogen-bond donors (Lipinski definition) is 0. The van der Waals surface area contributed by atoms with Crippen LogP contribution in [0.25, 0.3) is 0 Å². The van der Waals surface area contributed by atoms with E-state index in [-0.39, 0.29) is 0 Å². The highest BCUT2D eigenvalue weighted by Crippen LogP contribution is 2.14. The van der Waals surface area contributed by atoms with E-state index in [9.17, 15) is 4.79 Å². The topological polar surface area (TPSA) is 26.3 Å². The first kappa shape index (κ1) is 11.3. The minimum atomic E-state index is -0.654. The van der Waals surface area contributed by atoms with Crippen molar-refractivity contribution in [2.24, 2.45) is 0 Å². The zero-order chi connectivity index (χ0) is 10.6. The molecule has 1 rings (SSSR count). The van der Waals surface area contributed by atoms with Crippen LogP contribution in [-0.2, 0) is 16.0 Å². The van der Waals surface area contributed by atoms with E-state index in [0.717, 1.165) is 5.56 Å². The van der Waals surface area contributed by atoms with Gasteiger partial charge < -0.3 is 4.74 Å². The number of carbonyl (C=O) groups is 1. The summed E-state index contributed by atoms with van der Waals surface area (Å²) < 4.78 is 4.51. The minimum Gasteiger partial charge on any atom is -0.468 e. The van der Waals surface area contributed by atoms with Crippen LogP contribution in [0.2, 0.25) is 5.02 Å². The number of alkyl halides is 1. The van der Waals surface area contributed by atoms with Gasteiger partial charge in [-0.05, 0) is 24.1 Å². The van der Waals surface area contributed by atoms with E-state index in [0.29, 0.717) is 11.4 Å². The van der Waals surface area contributed by atoms with Gasteiger partial charge in [-0.3, -0.25) is 4.79 Å². The number of halogens is 2. The van der Waals surface area contributed by atoms with E-state index in [4.69, 9.17) is 23.2 Å². The van der Waals surface area contributed by atoms with Crippen molar-refractivity contribution < 1.29 is 9.53 Å². The average molecular weight is 233 g/mol. The molecular formula is C10H10Cl2O2. The molecule has 1 unspecified atom stereocenters. The summed E-state index contributed by atoms with van der Waals surface area (Å²) in [6, 6.07) is 7.23. The molecule has 2 nitrogen and oxygen atoms in total. The third kappa shape index (κ3) is 3.20. The second-order valence-electron chi connectivity index (χ2n) is 2.82. The Morgan fingerprint density at radius 2 is 2.29 bits per heavy atom. The van der Waals surface area contributed by atoms with Crippen molar-refractivity contribution in [2.45, 2.75) is 11.8 Å². The van der Waals surface area contributed by atoms with E-state index >= 15 is 0 Å². The highest BCUT2D eigenvalue weighted by Gasteiger charge is 2.15. The summed E-state index contributed by atoms with van der Waals surface area (Å²) in [5.74, 6) is -0.424. The molecule has 0 amide bonds. The number of rotatable bonds is 3. The van der Waals surface area contributed by atoms with E-state index < -0.39 is 11.3 Å². The van der Waals surface area contributed by atoms with Crippen LogP contribution in [0.15, 0.2) is 24.3 Å². The van der Waals surface area contributed by atoms with E-state index in [1.165, 1.54) is 7.11 Å². The zero-order valence-corrected chi connectivity index (χ0v) is 9.18. The molecule has 0 radical (unpaired) electrons. The summed E-state index contributed by atoms with van der Waals surface area (Å²) in [5.41, 5.74) is 0.919. The number of carbonyl (C=O) groups excluding carboxylic acids is 1. The number of methoxy groups -OCH3 is 1. The fraction of sp³-hybridized carbons (Fsp3) is 0.300. The Morgan fingerprint density at radius 1 is 1.57 bits per heavy atom. The predicted molar refractivity (Wildman–Crippen MR) is 56.8 cm³/mol. The van der Waals surface area contributed by atoms with Crippen molar-refractivity contribution in [3.63, 3.8) is 0 Å². The smallest absolute Gasteiger partial charge is 0.324 e. The maximum Gasteiger partial charge on any atom is 0.324 e. The van der Waals surface area contributed by atoms with Gasteiger partial charge >= 0.3 is 5.97 Å². The highest BCUT2D eigenvalue weighted by molar-refractivity contribution is 6.31. The molecule has 0 aliphatic carbocycles. The Morgan fingerprint density at radius 3 is 2.86 bits per heavy atom. The summed E-state index contributed by atoms with van der Waals surface area (Å²) in [5, 5.41) is -0.0188. The molecule has 0 N–H and O–H groups in total. The fourth-order valence-corrected chi connectivity index (χ4v) is 1.56. The van der Waals surface area contributed by atoms with Gasteiger partial charge in [-0.15, -0.1) is 11.6 Å². The molecule has 0 aliphatic rings. The van der Waals surface area contributed by atoms with Crippen molar-refractivity contribution >= 4 is 29.2 Å². The van der Waals surface area contributed by atoms with Crippen molar-refractivity contribution in [3.8, 4) is 0 Å². The number of hydrogen-bond acceptors (Lipinski definition) is 2. The lowest BCUT2D eigenvalue weighted by atomic mass is 10.1. The van der Waals surface area contributed by atoms with Crippen molar-refractivity contribution in [1.29, 1.82) is 0 Å². The molecule has 0 saturated heterocycles. The molecule has 0 bridgehead atoms. The molecular weight excluding hydrogens is 223 g/mol.